The summed E-state index contributed by atoms with van der Waals surface area (Å²) < 4.78 is 0. The van der Waals surface area contributed by atoms with Gasteiger partial charge in [0.2, 0.25) is 0 Å². The number of amides is 1. The molecule has 126 valence electrons. The van der Waals surface area contributed by atoms with E-state index in [0.29, 0.717) is 18.5 Å². The summed E-state index contributed by atoms with van der Waals surface area (Å²) in [6, 6.07) is 14.9. The smallest absolute Gasteiger partial charge is 0.254 e. The van der Waals surface area contributed by atoms with E-state index in [4.69, 9.17) is 0 Å². The SMILES string of the molecule is O=C(c1ccc2c(c1)N=NC2)N1CCCC2c3ccccc3CC[C@@H]21. The zero-order valence-electron chi connectivity index (χ0n) is 14.2. The third kappa shape index (κ3) is 2.39. The molecule has 1 amide bonds. The van der Waals surface area contributed by atoms with E-state index in [9.17, 15) is 4.79 Å². The van der Waals surface area contributed by atoms with Gasteiger partial charge in [-0.05, 0) is 48.9 Å². The van der Waals surface area contributed by atoms with Crippen molar-refractivity contribution in [2.75, 3.05) is 6.54 Å². The average Bonchev–Trinajstić information content (AvgIpc) is 3.14. The van der Waals surface area contributed by atoms with Gasteiger partial charge in [-0.15, -0.1) is 0 Å². The van der Waals surface area contributed by atoms with Gasteiger partial charge in [-0.25, -0.2) is 0 Å². The van der Waals surface area contributed by atoms with Crippen LogP contribution in [0.25, 0.3) is 0 Å². The molecule has 0 N–H and O–H groups in total. The van der Waals surface area contributed by atoms with Gasteiger partial charge in [-0.1, -0.05) is 30.3 Å². The molecule has 2 aromatic rings. The normalized spacial score (nSPS) is 23.8. The molecule has 0 bridgehead atoms. The topological polar surface area (TPSA) is 45.0 Å². The van der Waals surface area contributed by atoms with E-state index in [1.54, 1.807) is 0 Å². The molecule has 2 heterocycles. The average molecular weight is 331 g/mol. The van der Waals surface area contributed by atoms with Gasteiger partial charge >= 0.3 is 0 Å². The lowest BCUT2D eigenvalue weighted by atomic mass is 9.74. The lowest BCUT2D eigenvalue weighted by Gasteiger charge is -2.45. The Morgan fingerprint density at radius 2 is 2.00 bits per heavy atom. The first-order valence-electron chi connectivity index (χ1n) is 9.20. The molecule has 2 atom stereocenters. The number of benzene rings is 2. The Morgan fingerprint density at radius 3 is 2.96 bits per heavy atom. The molecule has 0 spiro atoms. The standard InChI is InChI=1S/C21H21N3O/c25-21(15-7-8-16-13-22-23-19(16)12-15)24-11-3-6-18-17-5-2-1-4-14(17)9-10-20(18)24/h1-2,4-5,7-8,12,18,20H,3,6,9-11,13H2/t18?,20-/m0/s1. The van der Waals surface area contributed by atoms with Gasteiger partial charge < -0.3 is 4.90 Å². The van der Waals surface area contributed by atoms with Crippen LogP contribution >= 0.6 is 0 Å². The Morgan fingerprint density at radius 1 is 1.08 bits per heavy atom. The summed E-state index contributed by atoms with van der Waals surface area (Å²) >= 11 is 0. The highest BCUT2D eigenvalue weighted by Gasteiger charge is 2.38. The molecule has 2 aliphatic heterocycles. The monoisotopic (exact) mass is 331 g/mol. The summed E-state index contributed by atoms with van der Waals surface area (Å²) in [7, 11) is 0. The van der Waals surface area contributed by atoms with Gasteiger partial charge in [0.25, 0.3) is 5.91 Å². The van der Waals surface area contributed by atoms with E-state index in [1.807, 2.05) is 18.2 Å². The Bertz CT molecular complexity index is 873. The Kier molecular flexibility index (Phi) is 3.44. The van der Waals surface area contributed by atoms with Crippen LogP contribution in [0.1, 0.15) is 52.2 Å². The molecular weight excluding hydrogens is 310 g/mol. The van der Waals surface area contributed by atoms with Crippen molar-refractivity contribution in [2.45, 2.75) is 44.2 Å². The van der Waals surface area contributed by atoms with E-state index < -0.39 is 0 Å². The van der Waals surface area contributed by atoms with E-state index in [-0.39, 0.29) is 5.91 Å². The fraction of sp³-hybridized carbons (Fsp3) is 0.381. The Balaban J connectivity index is 1.46. The van der Waals surface area contributed by atoms with Gasteiger partial charge in [-0.3, -0.25) is 4.79 Å². The van der Waals surface area contributed by atoms with E-state index in [2.05, 4.69) is 39.4 Å². The largest absolute Gasteiger partial charge is 0.335 e. The first-order valence-corrected chi connectivity index (χ1v) is 9.20. The van der Waals surface area contributed by atoms with E-state index >= 15 is 0 Å². The van der Waals surface area contributed by atoms with Gasteiger partial charge in [-0.2, -0.15) is 10.2 Å². The molecule has 1 fully saturated rings. The van der Waals surface area contributed by atoms with Crippen molar-refractivity contribution < 1.29 is 4.79 Å². The number of carbonyl (C=O) groups excluding carboxylic acids is 1. The number of carbonyl (C=O) groups is 1. The molecule has 3 aliphatic rings. The lowest BCUT2D eigenvalue weighted by Crippen LogP contribution is -2.49. The second-order valence-corrected chi connectivity index (χ2v) is 7.30. The van der Waals surface area contributed by atoms with Gasteiger partial charge in [0.1, 0.15) is 0 Å². The van der Waals surface area contributed by atoms with E-state index in [1.165, 1.54) is 17.5 Å². The summed E-state index contributed by atoms with van der Waals surface area (Å²) in [6.45, 7) is 1.50. The molecule has 4 nitrogen and oxygen atoms in total. The van der Waals surface area contributed by atoms with Crippen LogP contribution in [0.5, 0.6) is 0 Å². The van der Waals surface area contributed by atoms with E-state index in [0.717, 1.165) is 42.6 Å². The predicted molar refractivity (Wildman–Crippen MR) is 96.2 cm³/mol. The maximum atomic E-state index is 13.2. The summed E-state index contributed by atoms with van der Waals surface area (Å²) in [5, 5.41) is 8.21. The molecule has 0 radical (unpaired) electrons. The fourth-order valence-corrected chi connectivity index (χ4v) is 4.73. The highest BCUT2D eigenvalue weighted by molar-refractivity contribution is 5.95. The molecule has 1 saturated heterocycles. The maximum Gasteiger partial charge on any atom is 0.254 e. The first kappa shape index (κ1) is 14.8. The van der Waals surface area contributed by atoms with Crippen LogP contribution in [0.15, 0.2) is 52.7 Å². The van der Waals surface area contributed by atoms with Crippen LogP contribution < -0.4 is 0 Å². The van der Waals surface area contributed by atoms with Crippen molar-refractivity contribution in [3.63, 3.8) is 0 Å². The quantitative estimate of drug-likeness (QED) is 0.752. The molecular formula is C21H21N3O. The molecule has 1 aliphatic carbocycles. The minimum atomic E-state index is 0.152. The number of fused-ring (bicyclic) bond motifs is 4. The summed E-state index contributed by atoms with van der Waals surface area (Å²) in [4.78, 5) is 15.3. The highest BCUT2D eigenvalue weighted by atomic mass is 16.2. The Labute approximate surface area is 147 Å². The third-order valence-electron chi connectivity index (χ3n) is 5.96. The molecule has 4 heteroatoms. The van der Waals surface area contributed by atoms with Gasteiger partial charge in [0.15, 0.2) is 0 Å². The van der Waals surface area contributed by atoms with Crippen LogP contribution in [0.2, 0.25) is 0 Å². The van der Waals surface area contributed by atoms with Crippen LogP contribution in [-0.2, 0) is 13.0 Å². The Hall–Kier alpha value is -2.49. The molecule has 0 aromatic heterocycles. The second kappa shape index (κ2) is 5.80. The van der Waals surface area contributed by atoms with Crippen molar-refractivity contribution in [3.05, 3.63) is 64.7 Å². The lowest BCUT2D eigenvalue weighted by molar-refractivity contribution is 0.0547. The number of nitrogens with zero attached hydrogens (tertiary/aromatic N) is 3. The number of likely N-dealkylation sites (tertiary alicyclic amines) is 1. The molecule has 25 heavy (non-hydrogen) atoms. The summed E-state index contributed by atoms with van der Waals surface area (Å²) in [5.41, 5.74) is 5.64. The number of piperidine rings is 1. The number of hydrogen-bond donors (Lipinski definition) is 0. The van der Waals surface area contributed by atoms with Gasteiger partial charge in [0.05, 0.1) is 12.2 Å². The van der Waals surface area contributed by atoms with Crippen molar-refractivity contribution in [1.82, 2.24) is 4.90 Å². The molecule has 5 rings (SSSR count). The zero-order valence-corrected chi connectivity index (χ0v) is 14.2. The van der Waals surface area contributed by atoms with Crippen LogP contribution in [0, 0.1) is 0 Å². The maximum absolute atomic E-state index is 13.2. The minimum Gasteiger partial charge on any atom is -0.335 e. The van der Waals surface area contributed by atoms with Crippen LogP contribution in [0.3, 0.4) is 0 Å². The molecule has 2 aromatic carbocycles. The fourth-order valence-electron chi connectivity index (χ4n) is 4.73. The molecule has 1 unspecified atom stereocenters. The number of aryl methyl sites for hydroxylation is 1. The van der Waals surface area contributed by atoms with Gasteiger partial charge in [0, 0.05) is 29.6 Å². The van der Waals surface area contributed by atoms with Crippen LogP contribution in [0.4, 0.5) is 5.69 Å². The summed E-state index contributed by atoms with van der Waals surface area (Å²) in [6.07, 6.45) is 4.40. The number of azo groups is 1. The van der Waals surface area contributed by atoms with Crippen LogP contribution in [-0.4, -0.2) is 23.4 Å². The predicted octanol–water partition coefficient (Wildman–Crippen LogP) is 4.62. The third-order valence-corrected chi connectivity index (χ3v) is 5.96. The van der Waals surface area contributed by atoms with Crippen molar-refractivity contribution >= 4 is 11.6 Å². The number of rotatable bonds is 1. The van der Waals surface area contributed by atoms with Crippen molar-refractivity contribution in [3.8, 4) is 0 Å². The minimum absolute atomic E-state index is 0.152. The summed E-state index contributed by atoms with van der Waals surface area (Å²) in [5.74, 6) is 0.635. The van der Waals surface area contributed by atoms with Crippen molar-refractivity contribution in [2.24, 2.45) is 10.2 Å². The second-order valence-electron chi connectivity index (χ2n) is 7.30. The molecule has 0 saturated carbocycles. The first-order chi connectivity index (χ1) is 12.3. The number of hydrogen-bond acceptors (Lipinski definition) is 3. The zero-order chi connectivity index (χ0) is 16.8. The van der Waals surface area contributed by atoms with Crippen molar-refractivity contribution in [1.29, 1.82) is 0 Å². The highest BCUT2D eigenvalue weighted by Crippen LogP contribution is 2.41.